The molecule has 0 atom stereocenters. The smallest absolute Gasteiger partial charge is 0.279 e. The highest BCUT2D eigenvalue weighted by molar-refractivity contribution is 9.10. The van der Waals surface area contributed by atoms with E-state index >= 15 is 0 Å². The Morgan fingerprint density at radius 3 is 2.29 bits per heavy atom. The first-order chi connectivity index (χ1) is 8.34. The summed E-state index contributed by atoms with van der Waals surface area (Å²) in [6.07, 6.45) is 0. The van der Waals surface area contributed by atoms with Gasteiger partial charge in [0.15, 0.2) is 0 Å². The molecule has 1 aliphatic heterocycles. The zero-order valence-electron chi connectivity index (χ0n) is 8.89. The van der Waals surface area contributed by atoms with Crippen molar-refractivity contribution in [2.45, 2.75) is 0 Å². The van der Waals surface area contributed by atoms with Crippen molar-refractivity contribution < 1.29 is 9.47 Å². The van der Waals surface area contributed by atoms with E-state index in [0.29, 0.717) is 29.6 Å². The number of halogens is 1. The highest BCUT2D eigenvalue weighted by Gasteiger charge is 2.18. The van der Waals surface area contributed by atoms with E-state index in [1.807, 2.05) is 30.3 Å². The Bertz CT molecular complexity index is 546. The number of hydrogen-bond donors (Lipinski definition) is 0. The molecule has 0 saturated carbocycles. The fourth-order valence-corrected chi connectivity index (χ4v) is 2.11. The van der Waals surface area contributed by atoms with E-state index in [9.17, 15) is 0 Å². The Kier molecular flexibility index (Phi) is 2.68. The van der Waals surface area contributed by atoms with Gasteiger partial charge in [0.1, 0.15) is 23.5 Å². The van der Waals surface area contributed by atoms with Crippen LogP contribution in [0.5, 0.6) is 11.8 Å². The molecule has 2 aromatic rings. The summed E-state index contributed by atoms with van der Waals surface area (Å²) in [6, 6.07) is 9.83. The summed E-state index contributed by atoms with van der Waals surface area (Å²) >= 11 is 3.40. The lowest BCUT2D eigenvalue weighted by molar-refractivity contribution is 0.157. The first kappa shape index (κ1) is 10.5. The van der Waals surface area contributed by atoms with Gasteiger partial charge in [0.05, 0.1) is 0 Å². The summed E-state index contributed by atoms with van der Waals surface area (Å²) in [5.41, 5.74) is 1.75. The number of aromatic nitrogens is 2. The lowest BCUT2D eigenvalue weighted by atomic mass is 10.2. The number of nitrogens with zero attached hydrogens (tertiary/aromatic N) is 2. The standard InChI is InChI=1S/C12H9BrN2O2/c13-10-9(8-4-2-1-3-5-8)14-11-12(15-10)17-7-6-16-11/h1-5H,6-7H2. The van der Waals surface area contributed by atoms with Crippen molar-refractivity contribution in [1.29, 1.82) is 0 Å². The van der Waals surface area contributed by atoms with Gasteiger partial charge >= 0.3 is 0 Å². The van der Waals surface area contributed by atoms with Crippen LogP contribution >= 0.6 is 15.9 Å². The van der Waals surface area contributed by atoms with E-state index in [1.54, 1.807) is 0 Å². The largest absolute Gasteiger partial charge is 0.470 e. The van der Waals surface area contributed by atoms with Crippen LogP contribution in [0.3, 0.4) is 0 Å². The highest BCUT2D eigenvalue weighted by atomic mass is 79.9. The summed E-state index contributed by atoms with van der Waals surface area (Å²) in [6.45, 7) is 1.02. The van der Waals surface area contributed by atoms with E-state index in [0.717, 1.165) is 11.3 Å². The molecule has 1 aromatic heterocycles. The third kappa shape index (κ3) is 1.98. The molecule has 86 valence electrons. The molecule has 0 unspecified atom stereocenters. The van der Waals surface area contributed by atoms with Crippen molar-refractivity contribution in [2.75, 3.05) is 13.2 Å². The molecule has 0 aliphatic carbocycles. The summed E-state index contributed by atoms with van der Waals surface area (Å²) in [7, 11) is 0. The fraction of sp³-hybridized carbons (Fsp3) is 0.167. The quantitative estimate of drug-likeness (QED) is 0.811. The van der Waals surface area contributed by atoms with Crippen LogP contribution in [0.2, 0.25) is 0 Å². The molecule has 0 bridgehead atoms. The highest BCUT2D eigenvalue weighted by Crippen LogP contribution is 2.33. The minimum Gasteiger partial charge on any atom is -0.470 e. The van der Waals surface area contributed by atoms with Gasteiger partial charge in [-0.15, -0.1) is 0 Å². The maximum Gasteiger partial charge on any atom is 0.279 e. The Morgan fingerprint density at radius 1 is 0.941 bits per heavy atom. The van der Waals surface area contributed by atoms with Crippen molar-refractivity contribution in [2.24, 2.45) is 0 Å². The fourth-order valence-electron chi connectivity index (χ4n) is 1.63. The first-order valence-corrected chi connectivity index (χ1v) is 6.02. The van der Waals surface area contributed by atoms with E-state index in [2.05, 4.69) is 25.9 Å². The van der Waals surface area contributed by atoms with Crippen LogP contribution in [0.15, 0.2) is 34.9 Å². The van der Waals surface area contributed by atoms with E-state index in [1.165, 1.54) is 0 Å². The molecule has 5 heteroatoms. The molecular weight excluding hydrogens is 284 g/mol. The van der Waals surface area contributed by atoms with Gasteiger partial charge in [0, 0.05) is 5.56 Å². The van der Waals surface area contributed by atoms with Crippen LogP contribution in [0.4, 0.5) is 0 Å². The topological polar surface area (TPSA) is 44.2 Å². The molecule has 2 heterocycles. The average Bonchev–Trinajstić information content (AvgIpc) is 2.39. The van der Waals surface area contributed by atoms with Crippen LogP contribution in [0, 0.1) is 0 Å². The number of benzene rings is 1. The van der Waals surface area contributed by atoms with Crippen LogP contribution in [0.1, 0.15) is 0 Å². The van der Waals surface area contributed by atoms with Crippen LogP contribution < -0.4 is 9.47 Å². The minimum atomic E-state index is 0.447. The number of rotatable bonds is 1. The molecule has 1 aliphatic rings. The zero-order valence-corrected chi connectivity index (χ0v) is 10.5. The second kappa shape index (κ2) is 4.33. The molecule has 17 heavy (non-hydrogen) atoms. The monoisotopic (exact) mass is 292 g/mol. The lowest BCUT2D eigenvalue weighted by Crippen LogP contribution is -2.17. The molecule has 1 aromatic carbocycles. The van der Waals surface area contributed by atoms with Crippen molar-refractivity contribution in [1.82, 2.24) is 9.97 Å². The molecule has 0 saturated heterocycles. The van der Waals surface area contributed by atoms with Gasteiger partial charge in [-0.3, -0.25) is 0 Å². The maximum atomic E-state index is 5.42. The summed E-state index contributed by atoms with van der Waals surface area (Å²) < 4.78 is 11.4. The third-order valence-corrected chi connectivity index (χ3v) is 2.95. The molecule has 0 spiro atoms. The third-order valence-electron chi connectivity index (χ3n) is 2.40. The van der Waals surface area contributed by atoms with Crippen LogP contribution in [-0.2, 0) is 0 Å². The maximum absolute atomic E-state index is 5.42. The molecule has 0 N–H and O–H groups in total. The molecule has 0 amide bonds. The average molecular weight is 293 g/mol. The SMILES string of the molecule is Brc1nc2c(nc1-c1ccccc1)OCCO2. The molecular formula is C12H9BrN2O2. The number of hydrogen-bond acceptors (Lipinski definition) is 4. The summed E-state index contributed by atoms with van der Waals surface area (Å²) in [5, 5.41) is 0. The molecule has 4 nitrogen and oxygen atoms in total. The van der Waals surface area contributed by atoms with Gasteiger partial charge in [-0.1, -0.05) is 30.3 Å². The van der Waals surface area contributed by atoms with Crippen LogP contribution in [-0.4, -0.2) is 23.2 Å². The van der Waals surface area contributed by atoms with E-state index in [-0.39, 0.29) is 0 Å². The van der Waals surface area contributed by atoms with Gasteiger partial charge in [-0.25, -0.2) is 4.98 Å². The van der Waals surface area contributed by atoms with Gasteiger partial charge in [-0.2, -0.15) is 4.98 Å². The Labute approximate surface area is 107 Å². The van der Waals surface area contributed by atoms with E-state index < -0.39 is 0 Å². The lowest BCUT2D eigenvalue weighted by Gasteiger charge is -2.17. The molecule has 3 rings (SSSR count). The van der Waals surface area contributed by atoms with Crippen LogP contribution in [0.25, 0.3) is 11.3 Å². The molecule has 0 fully saturated rings. The summed E-state index contributed by atoms with van der Waals surface area (Å²) in [5.74, 6) is 0.904. The van der Waals surface area contributed by atoms with Crippen molar-refractivity contribution >= 4 is 15.9 Å². The Hall–Kier alpha value is -1.62. The van der Waals surface area contributed by atoms with Crippen molar-refractivity contribution in [3.63, 3.8) is 0 Å². The Morgan fingerprint density at radius 2 is 1.59 bits per heavy atom. The summed E-state index contributed by atoms with van der Waals surface area (Å²) in [4.78, 5) is 8.72. The normalized spacial score (nSPS) is 13.5. The second-order valence-electron chi connectivity index (χ2n) is 3.54. The number of ether oxygens (including phenoxy) is 2. The number of fused-ring (bicyclic) bond motifs is 1. The first-order valence-electron chi connectivity index (χ1n) is 5.23. The van der Waals surface area contributed by atoms with Gasteiger partial charge in [0.25, 0.3) is 11.8 Å². The van der Waals surface area contributed by atoms with Crippen molar-refractivity contribution in [3.8, 4) is 23.0 Å². The second-order valence-corrected chi connectivity index (χ2v) is 4.29. The van der Waals surface area contributed by atoms with E-state index in [4.69, 9.17) is 9.47 Å². The predicted molar refractivity (Wildman–Crippen MR) is 66.2 cm³/mol. The van der Waals surface area contributed by atoms with Gasteiger partial charge in [-0.05, 0) is 15.9 Å². The minimum absolute atomic E-state index is 0.447. The molecule has 0 radical (unpaired) electrons. The predicted octanol–water partition coefficient (Wildman–Crippen LogP) is 2.68. The van der Waals surface area contributed by atoms with Gasteiger partial charge < -0.3 is 9.47 Å². The van der Waals surface area contributed by atoms with Gasteiger partial charge in [0.2, 0.25) is 0 Å². The zero-order chi connectivity index (χ0) is 11.7. The Balaban J connectivity index is 2.12. The van der Waals surface area contributed by atoms with Crippen molar-refractivity contribution in [3.05, 3.63) is 34.9 Å².